The molecule has 0 N–H and O–H groups in total. The number of nitrogens with zero attached hydrogens (tertiary/aromatic N) is 1. The molecule has 1 amide bonds. The van der Waals surface area contributed by atoms with Crippen LogP contribution in [0.15, 0.2) is 48.5 Å². The molecule has 0 radical (unpaired) electrons. The van der Waals surface area contributed by atoms with E-state index in [0.29, 0.717) is 5.56 Å². The Hall–Kier alpha value is -2.43. The van der Waals surface area contributed by atoms with Crippen LogP contribution in [0.4, 0.5) is 8.78 Å². The Balaban J connectivity index is 1.75. The molecule has 1 atom stereocenters. The van der Waals surface area contributed by atoms with Crippen molar-refractivity contribution in [3.63, 3.8) is 0 Å². The molecular weight excluding hydrogens is 300 g/mol. The quantitative estimate of drug-likeness (QED) is 0.851. The fourth-order valence-corrected chi connectivity index (χ4v) is 3.06. The van der Waals surface area contributed by atoms with Crippen LogP contribution in [-0.2, 0) is 6.42 Å². The van der Waals surface area contributed by atoms with Gasteiger partial charge in [0, 0.05) is 12.6 Å². The van der Waals surface area contributed by atoms with Gasteiger partial charge in [-0.25, -0.2) is 0 Å². The Morgan fingerprint density at radius 2 is 1.87 bits per heavy atom. The molecule has 2 aromatic carbocycles. The summed E-state index contributed by atoms with van der Waals surface area (Å²) >= 11 is 0. The van der Waals surface area contributed by atoms with Crippen LogP contribution >= 0.6 is 0 Å². The van der Waals surface area contributed by atoms with Crippen molar-refractivity contribution in [1.82, 2.24) is 4.90 Å². The van der Waals surface area contributed by atoms with Gasteiger partial charge < -0.3 is 9.64 Å². The first kappa shape index (κ1) is 15.5. The van der Waals surface area contributed by atoms with E-state index < -0.39 is 6.61 Å². The predicted octanol–water partition coefficient (Wildman–Crippen LogP) is 4.05. The lowest BCUT2D eigenvalue weighted by Crippen LogP contribution is -2.30. The van der Waals surface area contributed by atoms with Gasteiger partial charge in [0.2, 0.25) is 0 Å². The van der Waals surface area contributed by atoms with Gasteiger partial charge in [0.25, 0.3) is 5.91 Å². The molecule has 1 unspecified atom stereocenters. The van der Waals surface area contributed by atoms with Crippen LogP contribution in [0.2, 0.25) is 0 Å². The van der Waals surface area contributed by atoms with Gasteiger partial charge in [-0.2, -0.15) is 8.78 Å². The molecule has 0 aromatic heterocycles. The Morgan fingerprint density at radius 1 is 1.17 bits per heavy atom. The summed E-state index contributed by atoms with van der Waals surface area (Å²) in [5, 5.41) is 0. The van der Waals surface area contributed by atoms with Gasteiger partial charge in [-0.1, -0.05) is 24.3 Å². The molecule has 3 nitrogen and oxygen atoms in total. The highest BCUT2D eigenvalue weighted by Gasteiger charge is 2.28. The summed E-state index contributed by atoms with van der Waals surface area (Å²) in [7, 11) is 1.78. The number of amides is 1. The molecule has 0 saturated carbocycles. The summed E-state index contributed by atoms with van der Waals surface area (Å²) in [5.41, 5.74) is 2.91. The van der Waals surface area contributed by atoms with E-state index in [9.17, 15) is 13.6 Å². The highest BCUT2D eigenvalue weighted by Crippen LogP contribution is 2.35. The standard InChI is InChI=1S/C18H17F2NO2/c1-21(16-11-8-12-4-2-3-5-15(12)16)17(22)13-6-9-14(10-7-13)23-18(19)20/h2-7,9-10,16,18H,8,11H2,1H3. The van der Waals surface area contributed by atoms with Gasteiger partial charge in [-0.15, -0.1) is 0 Å². The molecule has 1 aliphatic rings. The minimum absolute atomic E-state index is 0.0467. The smallest absolute Gasteiger partial charge is 0.387 e. The summed E-state index contributed by atoms with van der Waals surface area (Å²) < 4.78 is 28.6. The molecule has 0 bridgehead atoms. The monoisotopic (exact) mass is 317 g/mol. The summed E-state index contributed by atoms with van der Waals surface area (Å²) in [5.74, 6) is -0.0827. The van der Waals surface area contributed by atoms with Crippen LogP contribution in [0.5, 0.6) is 5.75 Å². The fraction of sp³-hybridized carbons (Fsp3) is 0.278. The minimum atomic E-state index is -2.87. The average molecular weight is 317 g/mol. The number of hydrogen-bond donors (Lipinski definition) is 0. The van der Waals surface area contributed by atoms with E-state index >= 15 is 0 Å². The number of carbonyl (C=O) groups is 1. The van der Waals surface area contributed by atoms with Crippen LogP contribution < -0.4 is 4.74 Å². The summed E-state index contributed by atoms with van der Waals surface area (Å²) in [4.78, 5) is 14.3. The van der Waals surface area contributed by atoms with E-state index in [-0.39, 0.29) is 17.7 Å². The summed E-state index contributed by atoms with van der Waals surface area (Å²) in [6.07, 6.45) is 1.85. The zero-order valence-electron chi connectivity index (χ0n) is 12.7. The van der Waals surface area contributed by atoms with Crippen LogP contribution in [-0.4, -0.2) is 24.5 Å². The second-order valence-corrected chi connectivity index (χ2v) is 5.57. The first-order valence-corrected chi connectivity index (χ1v) is 7.46. The maximum Gasteiger partial charge on any atom is 0.387 e. The van der Waals surface area contributed by atoms with Gasteiger partial charge in [-0.3, -0.25) is 4.79 Å². The highest BCUT2D eigenvalue weighted by molar-refractivity contribution is 5.94. The first-order chi connectivity index (χ1) is 11.1. The van der Waals surface area contributed by atoms with E-state index in [0.717, 1.165) is 12.8 Å². The molecule has 2 aromatic rings. The SMILES string of the molecule is CN(C(=O)c1ccc(OC(F)F)cc1)C1CCc2ccccc21. The van der Waals surface area contributed by atoms with E-state index in [1.165, 1.54) is 35.4 Å². The van der Waals surface area contributed by atoms with Crippen LogP contribution in [0, 0.1) is 0 Å². The average Bonchev–Trinajstić information content (AvgIpc) is 2.97. The number of halogens is 2. The topological polar surface area (TPSA) is 29.5 Å². The lowest BCUT2D eigenvalue weighted by Gasteiger charge is -2.25. The highest BCUT2D eigenvalue weighted by atomic mass is 19.3. The molecular formula is C18H17F2NO2. The number of benzene rings is 2. The zero-order chi connectivity index (χ0) is 16.4. The van der Waals surface area contributed by atoms with Crippen LogP contribution in [0.25, 0.3) is 0 Å². The number of carbonyl (C=O) groups excluding carboxylic acids is 1. The van der Waals surface area contributed by atoms with Crippen LogP contribution in [0.3, 0.4) is 0 Å². The van der Waals surface area contributed by atoms with E-state index in [1.807, 2.05) is 12.1 Å². The zero-order valence-corrected chi connectivity index (χ0v) is 12.7. The van der Waals surface area contributed by atoms with Gasteiger partial charge in [0.05, 0.1) is 6.04 Å². The fourth-order valence-electron chi connectivity index (χ4n) is 3.06. The van der Waals surface area contributed by atoms with E-state index in [2.05, 4.69) is 16.9 Å². The molecule has 0 spiro atoms. The molecule has 0 heterocycles. The number of aryl methyl sites for hydroxylation is 1. The van der Waals surface area contributed by atoms with Gasteiger partial charge in [0.15, 0.2) is 0 Å². The Bertz CT molecular complexity index is 700. The first-order valence-electron chi connectivity index (χ1n) is 7.46. The largest absolute Gasteiger partial charge is 0.435 e. The number of rotatable bonds is 4. The lowest BCUT2D eigenvalue weighted by molar-refractivity contribution is -0.0498. The van der Waals surface area contributed by atoms with Crippen molar-refractivity contribution in [3.05, 3.63) is 65.2 Å². The van der Waals surface area contributed by atoms with Crippen molar-refractivity contribution in [1.29, 1.82) is 0 Å². The van der Waals surface area contributed by atoms with Crippen molar-refractivity contribution < 1.29 is 18.3 Å². The number of ether oxygens (including phenoxy) is 1. The molecule has 3 rings (SSSR count). The maximum atomic E-state index is 12.6. The minimum Gasteiger partial charge on any atom is -0.435 e. The predicted molar refractivity (Wildman–Crippen MR) is 82.7 cm³/mol. The summed E-state index contributed by atoms with van der Waals surface area (Å²) in [6.45, 7) is -2.87. The molecule has 0 aliphatic heterocycles. The maximum absolute atomic E-state index is 12.6. The third-order valence-electron chi connectivity index (χ3n) is 4.22. The number of alkyl halides is 2. The summed E-state index contributed by atoms with van der Waals surface area (Å²) in [6, 6.07) is 14.0. The molecule has 120 valence electrons. The number of hydrogen-bond acceptors (Lipinski definition) is 2. The normalized spacial score (nSPS) is 16.3. The van der Waals surface area contributed by atoms with Crippen molar-refractivity contribution in [3.8, 4) is 5.75 Å². The van der Waals surface area contributed by atoms with Gasteiger partial charge in [0.1, 0.15) is 5.75 Å². The van der Waals surface area contributed by atoms with Crippen LogP contribution in [0.1, 0.15) is 33.9 Å². The molecule has 1 aliphatic carbocycles. The number of fused-ring (bicyclic) bond motifs is 1. The second-order valence-electron chi connectivity index (χ2n) is 5.57. The van der Waals surface area contributed by atoms with E-state index in [4.69, 9.17) is 0 Å². The van der Waals surface area contributed by atoms with Crippen molar-refractivity contribution in [2.75, 3.05) is 7.05 Å². The van der Waals surface area contributed by atoms with Gasteiger partial charge >= 0.3 is 6.61 Å². The van der Waals surface area contributed by atoms with E-state index in [1.54, 1.807) is 11.9 Å². The molecule has 0 saturated heterocycles. The molecule has 23 heavy (non-hydrogen) atoms. The second kappa shape index (κ2) is 6.36. The Kier molecular flexibility index (Phi) is 4.28. The lowest BCUT2D eigenvalue weighted by atomic mass is 10.1. The van der Waals surface area contributed by atoms with Gasteiger partial charge in [-0.05, 0) is 48.2 Å². The molecule has 5 heteroatoms. The van der Waals surface area contributed by atoms with Crippen molar-refractivity contribution in [2.45, 2.75) is 25.5 Å². The Morgan fingerprint density at radius 3 is 2.57 bits per heavy atom. The third kappa shape index (κ3) is 3.18. The molecule has 0 fully saturated rings. The third-order valence-corrected chi connectivity index (χ3v) is 4.22. The van der Waals surface area contributed by atoms with Crippen molar-refractivity contribution in [2.24, 2.45) is 0 Å². The van der Waals surface area contributed by atoms with Crippen molar-refractivity contribution >= 4 is 5.91 Å². The Labute approximate surface area is 133 Å².